The van der Waals surface area contributed by atoms with Gasteiger partial charge in [-0.15, -0.1) is 11.3 Å². The van der Waals surface area contributed by atoms with Crippen molar-refractivity contribution in [2.45, 2.75) is 40.2 Å². The van der Waals surface area contributed by atoms with Crippen molar-refractivity contribution in [2.24, 2.45) is 0 Å². The van der Waals surface area contributed by atoms with Crippen LogP contribution in [0.25, 0.3) is 0 Å². The molecular formula is C17H20O3S. The van der Waals surface area contributed by atoms with Crippen molar-refractivity contribution in [1.82, 2.24) is 0 Å². The number of rotatable bonds is 6. The van der Waals surface area contributed by atoms with E-state index in [2.05, 4.69) is 32.9 Å². The van der Waals surface area contributed by atoms with Gasteiger partial charge in [0, 0.05) is 4.88 Å². The topological polar surface area (TPSA) is 46.5 Å². The Hall–Kier alpha value is -1.81. The number of benzene rings is 1. The first-order valence-electron chi connectivity index (χ1n) is 7.06. The van der Waals surface area contributed by atoms with E-state index in [4.69, 9.17) is 4.74 Å². The number of hydrogen-bond acceptors (Lipinski definition) is 3. The Labute approximate surface area is 129 Å². The van der Waals surface area contributed by atoms with E-state index in [-0.39, 0.29) is 0 Å². The Kier molecular flexibility index (Phi) is 5.02. The molecule has 1 heterocycles. The van der Waals surface area contributed by atoms with Gasteiger partial charge >= 0.3 is 5.97 Å². The molecular weight excluding hydrogens is 284 g/mol. The molecule has 0 spiro atoms. The quantitative estimate of drug-likeness (QED) is 0.848. The Morgan fingerprint density at radius 1 is 1.24 bits per heavy atom. The highest BCUT2D eigenvalue weighted by atomic mass is 32.1. The van der Waals surface area contributed by atoms with Gasteiger partial charge in [0.05, 0.1) is 0 Å². The summed E-state index contributed by atoms with van der Waals surface area (Å²) >= 11 is 1.31. The van der Waals surface area contributed by atoms with Crippen molar-refractivity contribution in [3.63, 3.8) is 0 Å². The van der Waals surface area contributed by atoms with Crippen LogP contribution in [0.1, 0.15) is 44.6 Å². The second-order valence-corrected chi connectivity index (χ2v) is 6.31. The van der Waals surface area contributed by atoms with Crippen LogP contribution in [-0.2, 0) is 13.0 Å². The molecule has 0 aliphatic carbocycles. The van der Waals surface area contributed by atoms with Crippen LogP contribution >= 0.6 is 11.3 Å². The maximum absolute atomic E-state index is 11.3. The molecule has 1 N–H and O–H groups in total. The van der Waals surface area contributed by atoms with Crippen molar-refractivity contribution in [2.75, 3.05) is 0 Å². The number of aromatic carboxylic acids is 1. The second-order valence-electron chi connectivity index (χ2n) is 5.17. The average Bonchev–Trinajstić information content (AvgIpc) is 2.84. The first-order chi connectivity index (χ1) is 10.0. The second kappa shape index (κ2) is 6.76. The molecule has 0 unspecified atom stereocenters. The smallest absolute Gasteiger partial charge is 0.349 e. The fourth-order valence-corrected chi connectivity index (χ4v) is 3.14. The van der Waals surface area contributed by atoms with E-state index in [1.165, 1.54) is 22.5 Å². The van der Waals surface area contributed by atoms with Crippen LogP contribution in [-0.4, -0.2) is 11.1 Å². The molecule has 112 valence electrons. The van der Waals surface area contributed by atoms with Crippen LogP contribution in [0.2, 0.25) is 0 Å². The fourth-order valence-electron chi connectivity index (χ4n) is 2.10. The predicted molar refractivity (Wildman–Crippen MR) is 85.5 cm³/mol. The summed E-state index contributed by atoms with van der Waals surface area (Å²) in [5, 5.41) is 9.26. The normalized spacial score (nSPS) is 10.6. The lowest BCUT2D eigenvalue weighted by Crippen LogP contribution is -2.00. The van der Waals surface area contributed by atoms with Gasteiger partial charge in [0.1, 0.15) is 12.4 Å². The maximum Gasteiger partial charge on any atom is 0.349 e. The van der Waals surface area contributed by atoms with Crippen molar-refractivity contribution < 1.29 is 14.6 Å². The van der Waals surface area contributed by atoms with Crippen molar-refractivity contribution in [3.05, 3.63) is 50.7 Å². The zero-order valence-corrected chi connectivity index (χ0v) is 13.4. The number of thiophene rings is 1. The number of carbonyl (C=O) groups is 1. The molecule has 0 amide bonds. The summed E-state index contributed by atoms with van der Waals surface area (Å²) in [6, 6.07) is 8.01. The zero-order chi connectivity index (χ0) is 15.4. The van der Waals surface area contributed by atoms with Crippen LogP contribution in [0.15, 0.2) is 24.3 Å². The monoisotopic (exact) mass is 304 g/mol. The number of ether oxygens (including phenoxy) is 1. The molecule has 1 aromatic carbocycles. The lowest BCUT2D eigenvalue weighted by molar-refractivity contribution is 0.0697. The highest BCUT2D eigenvalue weighted by Crippen LogP contribution is 2.31. The number of carboxylic acid groups (broad SMARTS) is 1. The van der Waals surface area contributed by atoms with Crippen LogP contribution in [0.5, 0.6) is 5.75 Å². The third kappa shape index (κ3) is 3.85. The van der Waals surface area contributed by atoms with Crippen LogP contribution in [0.3, 0.4) is 0 Å². The van der Waals surface area contributed by atoms with E-state index in [0.717, 1.165) is 23.3 Å². The summed E-state index contributed by atoms with van der Waals surface area (Å²) in [5.41, 5.74) is 3.51. The van der Waals surface area contributed by atoms with Gasteiger partial charge in [0.25, 0.3) is 0 Å². The van der Waals surface area contributed by atoms with Gasteiger partial charge < -0.3 is 9.84 Å². The summed E-state index contributed by atoms with van der Waals surface area (Å²) in [6.45, 7) is 6.60. The predicted octanol–water partition coefficient (Wildman–Crippen LogP) is 4.59. The minimum absolute atomic E-state index is 0.294. The van der Waals surface area contributed by atoms with Crippen molar-refractivity contribution in [3.8, 4) is 5.75 Å². The summed E-state index contributed by atoms with van der Waals surface area (Å²) in [7, 11) is 0. The molecule has 4 heteroatoms. The maximum atomic E-state index is 11.3. The Bertz CT molecular complexity index is 643. The summed E-state index contributed by atoms with van der Waals surface area (Å²) in [4.78, 5) is 12.6. The highest BCUT2D eigenvalue weighted by Gasteiger charge is 2.16. The third-order valence-corrected chi connectivity index (χ3v) is 4.57. The number of carboxylic acids is 1. The number of hydrogen-bond donors (Lipinski definition) is 1. The average molecular weight is 304 g/mol. The Morgan fingerprint density at radius 2 is 2.00 bits per heavy atom. The molecule has 21 heavy (non-hydrogen) atoms. The zero-order valence-electron chi connectivity index (χ0n) is 12.6. The van der Waals surface area contributed by atoms with E-state index in [0.29, 0.717) is 17.2 Å². The Balaban J connectivity index is 2.14. The molecule has 0 bridgehead atoms. The van der Waals surface area contributed by atoms with Crippen LogP contribution < -0.4 is 4.74 Å². The summed E-state index contributed by atoms with van der Waals surface area (Å²) in [6.07, 6.45) is 1.88. The first-order valence-corrected chi connectivity index (χ1v) is 7.87. The molecule has 0 aliphatic heterocycles. The Morgan fingerprint density at radius 3 is 2.62 bits per heavy atom. The SMILES string of the molecule is CCCc1cc(OCc2ccc(C)c(C)c2)c(C(=O)O)s1. The summed E-state index contributed by atoms with van der Waals surface area (Å²) in [5.74, 6) is -0.438. The van der Waals surface area contributed by atoms with E-state index < -0.39 is 5.97 Å². The molecule has 3 nitrogen and oxygen atoms in total. The number of aryl methyl sites for hydroxylation is 3. The lowest BCUT2D eigenvalue weighted by Gasteiger charge is -2.07. The molecule has 0 fully saturated rings. The van der Waals surface area contributed by atoms with Crippen molar-refractivity contribution in [1.29, 1.82) is 0 Å². The van der Waals surface area contributed by atoms with Crippen molar-refractivity contribution >= 4 is 17.3 Å². The van der Waals surface area contributed by atoms with Gasteiger partial charge in [-0.1, -0.05) is 31.5 Å². The van der Waals surface area contributed by atoms with E-state index in [1.54, 1.807) is 0 Å². The molecule has 0 atom stereocenters. The van der Waals surface area contributed by atoms with E-state index in [9.17, 15) is 9.90 Å². The third-order valence-electron chi connectivity index (χ3n) is 3.41. The van der Waals surface area contributed by atoms with Crippen LogP contribution in [0, 0.1) is 13.8 Å². The molecule has 0 saturated carbocycles. The largest absolute Gasteiger partial charge is 0.487 e. The molecule has 0 radical (unpaired) electrons. The van der Waals surface area contributed by atoms with Gasteiger partial charge in [-0.2, -0.15) is 0 Å². The van der Waals surface area contributed by atoms with Gasteiger partial charge in [-0.25, -0.2) is 4.79 Å². The lowest BCUT2D eigenvalue weighted by atomic mass is 10.1. The first kappa shape index (κ1) is 15.6. The molecule has 0 saturated heterocycles. The van der Waals surface area contributed by atoms with Gasteiger partial charge in [-0.3, -0.25) is 0 Å². The standard InChI is InChI=1S/C17H20O3S/c1-4-5-14-9-15(16(21-14)17(18)19)20-10-13-7-6-11(2)12(3)8-13/h6-9H,4-5,10H2,1-3H3,(H,18,19). The molecule has 2 aromatic rings. The molecule has 2 rings (SSSR count). The minimum Gasteiger partial charge on any atom is -0.487 e. The van der Waals surface area contributed by atoms with Gasteiger partial charge in [-0.05, 0) is 43.0 Å². The summed E-state index contributed by atoms with van der Waals surface area (Å²) < 4.78 is 5.74. The van der Waals surface area contributed by atoms with Gasteiger partial charge in [0.15, 0.2) is 4.88 Å². The fraction of sp³-hybridized carbons (Fsp3) is 0.353. The van der Waals surface area contributed by atoms with Crippen LogP contribution in [0.4, 0.5) is 0 Å². The van der Waals surface area contributed by atoms with Gasteiger partial charge in [0.2, 0.25) is 0 Å². The molecule has 1 aromatic heterocycles. The van der Waals surface area contributed by atoms with E-state index in [1.807, 2.05) is 12.1 Å². The van der Waals surface area contributed by atoms with E-state index >= 15 is 0 Å². The molecule has 0 aliphatic rings. The minimum atomic E-state index is -0.919. The highest BCUT2D eigenvalue weighted by molar-refractivity contribution is 7.14.